The highest BCUT2D eigenvalue weighted by molar-refractivity contribution is 5.94. The Hall–Kier alpha value is -1.91. The highest BCUT2D eigenvalue weighted by Crippen LogP contribution is 2.20. The van der Waals surface area contributed by atoms with E-state index in [1.165, 1.54) is 12.1 Å². The Kier molecular flexibility index (Phi) is 3.60. The molecule has 0 N–H and O–H groups in total. The number of carbonyl (C=O) groups is 1. The Balaban J connectivity index is 2.17. The van der Waals surface area contributed by atoms with E-state index >= 15 is 0 Å². The molecule has 1 aromatic carbocycles. The van der Waals surface area contributed by atoms with Crippen molar-refractivity contribution in [2.45, 2.75) is 19.8 Å². The molecule has 1 fully saturated rings. The smallest absolute Gasteiger partial charge is 0.270 e. The molecule has 0 radical (unpaired) electrons. The van der Waals surface area contributed by atoms with Crippen molar-refractivity contribution in [1.82, 2.24) is 4.90 Å². The molecule has 18 heavy (non-hydrogen) atoms. The summed E-state index contributed by atoms with van der Waals surface area (Å²) in [6.07, 6.45) is 2.14. The third-order valence-corrected chi connectivity index (χ3v) is 3.25. The molecule has 1 aliphatic rings. The molecule has 1 saturated heterocycles. The predicted octanol–water partition coefficient (Wildman–Crippen LogP) is 2.47. The number of hydrogen-bond acceptors (Lipinski definition) is 3. The number of nitrogens with zero attached hydrogens (tertiary/aromatic N) is 2. The van der Waals surface area contributed by atoms with E-state index < -0.39 is 4.92 Å². The lowest BCUT2D eigenvalue weighted by molar-refractivity contribution is -0.384. The fraction of sp³-hybridized carbons (Fsp3) is 0.462. The van der Waals surface area contributed by atoms with Crippen LogP contribution in [0.5, 0.6) is 0 Å². The minimum atomic E-state index is -0.477. The molecule has 1 aromatic rings. The third-order valence-electron chi connectivity index (χ3n) is 3.25. The van der Waals surface area contributed by atoms with Gasteiger partial charge >= 0.3 is 0 Å². The van der Waals surface area contributed by atoms with E-state index in [-0.39, 0.29) is 11.6 Å². The molecule has 1 atom stereocenters. The molecule has 1 amide bonds. The second kappa shape index (κ2) is 5.16. The molecule has 0 aromatic heterocycles. The maximum absolute atomic E-state index is 12.2. The van der Waals surface area contributed by atoms with Crippen LogP contribution in [0.2, 0.25) is 0 Å². The summed E-state index contributed by atoms with van der Waals surface area (Å²) >= 11 is 0. The van der Waals surface area contributed by atoms with Crippen LogP contribution in [0.1, 0.15) is 30.1 Å². The first-order valence-corrected chi connectivity index (χ1v) is 6.11. The molecule has 0 bridgehead atoms. The predicted molar refractivity (Wildman–Crippen MR) is 67.4 cm³/mol. The Bertz CT molecular complexity index is 473. The van der Waals surface area contributed by atoms with Gasteiger partial charge in [-0.2, -0.15) is 0 Å². The number of likely N-dealkylation sites (tertiary alicyclic amines) is 1. The fourth-order valence-electron chi connectivity index (χ4n) is 2.31. The normalized spacial score (nSPS) is 19.6. The number of hydrogen-bond donors (Lipinski definition) is 0. The van der Waals surface area contributed by atoms with E-state index in [4.69, 9.17) is 0 Å². The molecule has 0 spiro atoms. The second-order valence-electron chi connectivity index (χ2n) is 4.81. The van der Waals surface area contributed by atoms with E-state index in [9.17, 15) is 14.9 Å². The lowest BCUT2D eigenvalue weighted by Crippen LogP contribution is -2.39. The highest BCUT2D eigenvalue weighted by Gasteiger charge is 2.22. The van der Waals surface area contributed by atoms with Crippen molar-refractivity contribution in [2.24, 2.45) is 5.92 Å². The van der Waals surface area contributed by atoms with E-state index in [1.807, 2.05) is 0 Å². The molecule has 2 rings (SSSR count). The quantitative estimate of drug-likeness (QED) is 0.596. The Morgan fingerprint density at radius 1 is 1.50 bits per heavy atom. The maximum Gasteiger partial charge on any atom is 0.270 e. The van der Waals surface area contributed by atoms with Gasteiger partial charge < -0.3 is 4.90 Å². The summed E-state index contributed by atoms with van der Waals surface area (Å²) in [6.45, 7) is 3.60. The summed E-state index contributed by atoms with van der Waals surface area (Å²) in [5, 5.41) is 10.7. The first-order valence-electron chi connectivity index (χ1n) is 6.11. The molecule has 96 valence electrons. The van der Waals surface area contributed by atoms with Crippen LogP contribution in [-0.4, -0.2) is 28.8 Å². The molecule has 0 aliphatic carbocycles. The summed E-state index contributed by atoms with van der Waals surface area (Å²) in [7, 11) is 0. The van der Waals surface area contributed by atoms with Crippen LogP contribution < -0.4 is 0 Å². The number of rotatable bonds is 2. The van der Waals surface area contributed by atoms with Gasteiger partial charge in [0.25, 0.3) is 11.6 Å². The second-order valence-corrected chi connectivity index (χ2v) is 4.81. The van der Waals surface area contributed by atoms with Crippen LogP contribution in [0, 0.1) is 16.0 Å². The molecular weight excluding hydrogens is 232 g/mol. The zero-order valence-corrected chi connectivity index (χ0v) is 10.3. The largest absolute Gasteiger partial charge is 0.338 e. The van der Waals surface area contributed by atoms with Gasteiger partial charge in [0.15, 0.2) is 0 Å². The Morgan fingerprint density at radius 2 is 2.28 bits per heavy atom. The van der Waals surface area contributed by atoms with Crippen LogP contribution in [0.15, 0.2) is 24.3 Å². The molecular formula is C13H16N2O3. The van der Waals surface area contributed by atoms with E-state index in [1.54, 1.807) is 17.0 Å². The first-order chi connectivity index (χ1) is 8.58. The minimum absolute atomic E-state index is 0.0362. The van der Waals surface area contributed by atoms with Crippen molar-refractivity contribution in [3.8, 4) is 0 Å². The first kappa shape index (κ1) is 12.5. The van der Waals surface area contributed by atoms with Crippen LogP contribution in [0.3, 0.4) is 0 Å². The van der Waals surface area contributed by atoms with E-state index in [0.717, 1.165) is 25.9 Å². The van der Waals surface area contributed by atoms with Crippen molar-refractivity contribution in [1.29, 1.82) is 0 Å². The zero-order valence-electron chi connectivity index (χ0n) is 10.3. The summed E-state index contributed by atoms with van der Waals surface area (Å²) in [4.78, 5) is 24.2. The lowest BCUT2D eigenvalue weighted by Gasteiger charge is -2.30. The number of nitro benzene ring substituents is 1. The third kappa shape index (κ3) is 2.67. The number of non-ortho nitro benzene ring substituents is 1. The summed E-state index contributed by atoms with van der Waals surface area (Å²) in [6, 6.07) is 5.94. The SMILES string of the molecule is C[C@H]1CCCN(C(=O)c2cccc([N+](=O)[O-])c2)C1. The molecule has 0 unspecified atom stereocenters. The molecule has 0 saturated carbocycles. The van der Waals surface area contributed by atoms with Gasteiger partial charge in [-0.25, -0.2) is 0 Å². The monoisotopic (exact) mass is 248 g/mol. The number of nitro groups is 1. The van der Waals surface area contributed by atoms with Crippen molar-refractivity contribution in [3.05, 3.63) is 39.9 Å². The van der Waals surface area contributed by atoms with Crippen molar-refractivity contribution in [2.75, 3.05) is 13.1 Å². The van der Waals surface area contributed by atoms with Gasteiger partial charge in [0.2, 0.25) is 0 Å². The van der Waals surface area contributed by atoms with Gasteiger partial charge in [-0.05, 0) is 24.8 Å². The molecule has 5 nitrogen and oxygen atoms in total. The minimum Gasteiger partial charge on any atom is -0.338 e. The number of piperidine rings is 1. The highest BCUT2D eigenvalue weighted by atomic mass is 16.6. The summed E-state index contributed by atoms with van der Waals surface area (Å²) in [5.41, 5.74) is 0.365. The van der Waals surface area contributed by atoms with Gasteiger partial charge in [0.05, 0.1) is 4.92 Å². The number of carbonyl (C=O) groups excluding carboxylic acids is 1. The lowest BCUT2D eigenvalue weighted by atomic mass is 9.99. The van der Waals surface area contributed by atoms with Crippen LogP contribution in [0.25, 0.3) is 0 Å². The van der Waals surface area contributed by atoms with Gasteiger partial charge in [0, 0.05) is 30.8 Å². The maximum atomic E-state index is 12.2. The Morgan fingerprint density at radius 3 is 2.94 bits per heavy atom. The standard InChI is InChI=1S/C13H16N2O3/c1-10-4-3-7-14(9-10)13(16)11-5-2-6-12(8-11)15(17)18/h2,5-6,8,10H,3-4,7,9H2,1H3/t10-/m0/s1. The van der Waals surface area contributed by atoms with E-state index in [0.29, 0.717) is 11.5 Å². The molecule has 5 heteroatoms. The van der Waals surface area contributed by atoms with E-state index in [2.05, 4.69) is 6.92 Å². The average Bonchev–Trinajstić information content (AvgIpc) is 2.38. The van der Waals surface area contributed by atoms with Crippen molar-refractivity contribution < 1.29 is 9.72 Å². The van der Waals surface area contributed by atoms with Crippen LogP contribution in [-0.2, 0) is 0 Å². The van der Waals surface area contributed by atoms with Crippen molar-refractivity contribution >= 4 is 11.6 Å². The van der Waals surface area contributed by atoms with Gasteiger partial charge in [-0.3, -0.25) is 14.9 Å². The summed E-state index contributed by atoms with van der Waals surface area (Å²) in [5.74, 6) is 0.395. The van der Waals surface area contributed by atoms with Crippen molar-refractivity contribution in [3.63, 3.8) is 0 Å². The van der Waals surface area contributed by atoms with Crippen LogP contribution >= 0.6 is 0 Å². The number of amides is 1. The van der Waals surface area contributed by atoms with Gasteiger partial charge in [-0.15, -0.1) is 0 Å². The Labute approximate surface area is 106 Å². The van der Waals surface area contributed by atoms with Crippen LogP contribution in [0.4, 0.5) is 5.69 Å². The fourth-order valence-corrected chi connectivity index (χ4v) is 2.31. The topological polar surface area (TPSA) is 63.5 Å². The zero-order chi connectivity index (χ0) is 13.1. The van der Waals surface area contributed by atoms with Gasteiger partial charge in [0.1, 0.15) is 0 Å². The van der Waals surface area contributed by atoms with Gasteiger partial charge in [-0.1, -0.05) is 13.0 Å². The number of benzene rings is 1. The summed E-state index contributed by atoms with van der Waals surface area (Å²) < 4.78 is 0. The molecule has 1 heterocycles. The average molecular weight is 248 g/mol. The molecule has 1 aliphatic heterocycles.